The quantitative estimate of drug-likeness (QED) is 0.174. The van der Waals surface area contributed by atoms with Gasteiger partial charge < -0.3 is 14.3 Å². The summed E-state index contributed by atoms with van der Waals surface area (Å²) in [5.74, 6) is 6.95. The number of carbonyl (C=O) groups is 1. The Kier molecular flexibility index (Phi) is 10.3. The highest BCUT2D eigenvalue weighted by atomic mass is 28.4. The summed E-state index contributed by atoms with van der Waals surface area (Å²) in [6.07, 6.45) is 8.60. The minimum atomic E-state index is -2.03. The summed E-state index contributed by atoms with van der Waals surface area (Å²) in [6.45, 7) is 22.4. The minimum Gasteiger partial charge on any atom is -0.432 e. The summed E-state index contributed by atoms with van der Waals surface area (Å²) < 4.78 is 6.70. The van der Waals surface area contributed by atoms with Crippen LogP contribution in [0.4, 0.5) is 0 Å². The number of nitrogens with zero attached hydrogens (tertiary/aromatic N) is 1. The van der Waals surface area contributed by atoms with Crippen molar-refractivity contribution in [1.29, 1.82) is 0 Å². The maximum atomic E-state index is 14.1. The van der Waals surface area contributed by atoms with E-state index in [0.717, 1.165) is 18.4 Å². The van der Waals surface area contributed by atoms with Gasteiger partial charge in [-0.25, -0.2) is 0 Å². The van der Waals surface area contributed by atoms with E-state index in [4.69, 9.17) is 4.43 Å². The zero-order chi connectivity index (χ0) is 29.2. The molecular formula is C33H54BNO3Si. The molecule has 2 aliphatic rings. The largest absolute Gasteiger partial charge is 0.432 e. The Morgan fingerprint density at radius 2 is 1.79 bits per heavy atom. The lowest BCUT2D eigenvalue weighted by atomic mass is 9.67. The Bertz CT molecular complexity index is 1070. The highest BCUT2D eigenvalue weighted by Gasteiger charge is 2.63. The van der Waals surface area contributed by atoms with Crippen LogP contribution in [0.3, 0.4) is 0 Å². The van der Waals surface area contributed by atoms with E-state index in [-0.39, 0.29) is 40.2 Å². The van der Waals surface area contributed by atoms with Gasteiger partial charge in [-0.1, -0.05) is 98.5 Å². The lowest BCUT2D eigenvalue weighted by Crippen LogP contribution is -2.51. The van der Waals surface area contributed by atoms with Crippen LogP contribution >= 0.6 is 0 Å². The highest BCUT2D eigenvalue weighted by Crippen LogP contribution is 2.60. The molecule has 1 heterocycles. The fourth-order valence-corrected chi connectivity index (χ4v) is 7.45. The zero-order valence-electron chi connectivity index (χ0n) is 26.5. The molecule has 1 aromatic rings. The molecule has 39 heavy (non-hydrogen) atoms. The van der Waals surface area contributed by atoms with E-state index in [1.54, 1.807) is 11.6 Å². The molecule has 0 radical (unpaired) electrons. The molecule has 6 heteroatoms. The molecule has 0 aromatic heterocycles. The van der Waals surface area contributed by atoms with Crippen LogP contribution in [0.15, 0.2) is 18.2 Å². The van der Waals surface area contributed by atoms with E-state index in [9.17, 15) is 9.82 Å². The Labute approximate surface area is 240 Å². The second-order valence-electron chi connectivity index (χ2n) is 14.1. The van der Waals surface area contributed by atoms with Crippen LogP contribution in [0.5, 0.6) is 0 Å². The second-order valence-corrected chi connectivity index (χ2v) is 18.9. The normalized spacial score (nSPS) is 24.6. The van der Waals surface area contributed by atoms with Gasteiger partial charge in [-0.15, -0.1) is 0 Å². The molecule has 0 bridgehead atoms. The molecule has 1 aliphatic carbocycles. The average Bonchev–Trinajstić information content (AvgIpc) is 3.29. The number of carbonyl (C=O) groups excluding carboxylic acids is 1. The first-order valence-corrected chi connectivity index (χ1v) is 18.4. The minimum absolute atomic E-state index is 0.00407. The molecule has 4 nitrogen and oxygen atoms in total. The summed E-state index contributed by atoms with van der Waals surface area (Å²) in [6, 6.07) is 6.43. The van der Waals surface area contributed by atoms with E-state index in [0.29, 0.717) is 6.61 Å². The van der Waals surface area contributed by atoms with Gasteiger partial charge in [0.15, 0.2) is 8.32 Å². The van der Waals surface area contributed by atoms with E-state index in [1.807, 2.05) is 0 Å². The van der Waals surface area contributed by atoms with Crippen LogP contribution < -0.4 is 0 Å². The monoisotopic (exact) mass is 551 g/mol. The molecule has 1 amide bonds. The van der Waals surface area contributed by atoms with Crippen molar-refractivity contribution >= 4 is 21.3 Å². The first-order valence-electron chi connectivity index (χ1n) is 15.5. The summed E-state index contributed by atoms with van der Waals surface area (Å²) in [5.41, 5.74) is 3.21. The van der Waals surface area contributed by atoms with Gasteiger partial charge in [0.1, 0.15) is 0 Å². The van der Waals surface area contributed by atoms with E-state index >= 15 is 0 Å². The molecule has 0 unspecified atom stereocenters. The van der Waals surface area contributed by atoms with Crippen LogP contribution in [-0.2, 0) is 14.6 Å². The third-order valence-electron chi connectivity index (χ3n) is 10.2. The Balaban J connectivity index is 1.92. The SMILES string of the molecule is CCCCCCCCC#Cc1ccc2c(c1)[C@](C)(C(C)C)[C@H]1C(=O)N(B(C)O)[C@H](CO[Si](C)(C)C(C)(C)C)[C@@H]21. The lowest BCUT2D eigenvalue weighted by Gasteiger charge is -2.39. The van der Waals surface area contributed by atoms with Crippen LogP contribution in [0.2, 0.25) is 25.0 Å². The van der Waals surface area contributed by atoms with E-state index in [1.165, 1.54) is 43.2 Å². The number of rotatable bonds is 11. The van der Waals surface area contributed by atoms with Gasteiger partial charge in [-0.3, -0.25) is 4.79 Å². The Hall–Kier alpha value is -1.55. The summed E-state index contributed by atoms with van der Waals surface area (Å²) in [7, 11) is -2.87. The van der Waals surface area contributed by atoms with Crippen molar-refractivity contribution in [3.8, 4) is 11.8 Å². The van der Waals surface area contributed by atoms with Gasteiger partial charge in [0.05, 0.1) is 18.6 Å². The summed E-state index contributed by atoms with van der Waals surface area (Å²) in [4.78, 5) is 15.8. The number of unbranched alkanes of at least 4 members (excludes halogenated alkanes) is 6. The molecule has 4 atom stereocenters. The van der Waals surface area contributed by atoms with Gasteiger partial charge in [0, 0.05) is 23.3 Å². The molecule has 1 saturated heterocycles. The van der Waals surface area contributed by atoms with Crippen molar-refractivity contribution in [2.75, 3.05) is 6.61 Å². The highest BCUT2D eigenvalue weighted by molar-refractivity contribution is 6.74. The van der Waals surface area contributed by atoms with Crippen LogP contribution in [0.25, 0.3) is 0 Å². The van der Waals surface area contributed by atoms with Gasteiger partial charge in [-0.05, 0) is 60.6 Å². The summed E-state index contributed by atoms with van der Waals surface area (Å²) in [5, 5.41) is 10.9. The van der Waals surface area contributed by atoms with Crippen molar-refractivity contribution < 1.29 is 14.2 Å². The standard InChI is InChI=1S/C33H54BNO3Si/c1-11-12-13-14-15-16-17-18-19-25-20-21-26-27(22-25)33(7,24(2)3)30-29(26)28(35(31(30)36)34(8)37)23-38-39(9,10)32(4,5)6/h20-22,24,28-30,37H,11-17,23H2,1-10H3/t28-,29-,30-,33+/m1/s1. The lowest BCUT2D eigenvalue weighted by molar-refractivity contribution is -0.130. The van der Waals surface area contributed by atoms with Crippen LogP contribution in [0.1, 0.15) is 116 Å². The number of fused-ring (bicyclic) bond motifs is 3. The number of hydrogen-bond donors (Lipinski definition) is 1. The van der Waals surface area contributed by atoms with Crippen molar-refractivity contribution in [2.45, 2.75) is 136 Å². The second kappa shape index (κ2) is 12.5. The molecule has 0 saturated carbocycles. The zero-order valence-corrected chi connectivity index (χ0v) is 27.5. The molecule has 216 valence electrons. The third-order valence-corrected chi connectivity index (χ3v) is 14.7. The van der Waals surface area contributed by atoms with E-state index < -0.39 is 15.4 Å². The van der Waals surface area contributed by atoms with Gasteiger partial charge in [-0.2, -0.15) is 0 Å². The molecular weight excluding hydrogens is 497 g/mol. The van der Waals surface area contributed by atoms with Crippen LogP contribution in [-0.4, -0.2) is 43.8 Å². The maximum absolute atomic E-state index is 14.1. The predicted octanol–water partition coefficient (Wildman–Crippen LogP) is 7.76. The fraction of sp³-hybridized carbons (Fsp3) is 0.727. The van der Waals surface area contributed by atoms with Crippen molar-refractivity contribution in [2.24, 2.45) is 11.8 Å². The first-order chi connectivity index (χ1) is 18.2. The third kappa shape index (κ3) is 6.36. The number of hydrogen-bond acceptors (Lipinski definition) is 3. The first kappa shape index (κ1) is 32.0. The smallest absolute Gasteiger partial charge is 0.412 e. The topological polar surface area (TPSA) is 49.8 Å². The fourth-order valence-electron chi connectivity index (χ4n) is 6.43. The van der Waals surface area contributed by atoms with Gasteiger partial charge in [0.2, 0.25) is 5.91 Å². The molecule has 3 rings (SSSR count). The van der Waals surface area contributed by atoms with Crippen molar-refractivity contribution in [3.05, 3.63) is 34.9 Å². The average molecular weight is 552 g/mol. The molecule has 1 fully saturated rings. The van der Waals surface area contributed by atoms with E-state index in [2.05, 4.69) is 91.6 Å². The van der Waals surface area contributed by atoms with Crippen molar-refractivity contribution in [1.82, 2.24) is 4.81 Å². The predicted molar refractivity (Wildman–Crippen MR) is 167 cm³/mol. The van der Waals surface area contributed by atoms with Gasteiger partial charge >= 0.3 is 7.05 Å². The molecule has 0 spiro atoms. The molecule has 1 aliphatic heterocycles. The Morgan fingerprint density at radius 1 is 1.15 bits per heavy atom. The van der Waals surface area contributed by atoms with Crippen LogP contribution in [0, 0.1) is 23.7 Å². The molecule has 1 aromatic carbocycles. The maximum Gasteiger partial charge on any atom is 0.412 e. The van der Waals surface area contributed by atoms with Crippen molar-refractivity contribution in [3.63, 3.8) is 0 Å². The Morgan fingerprint density at radius 3 is 2.38 bits per heavy atom. The summed E-state index contributed by atoms with van der Waals surface area (Å²) >= 11 is 0. The van der Waals surface area contributed by atoms with Gasteiger partial charge in [0.25, 0.3) is 0 Å². The molecule has 1 N–H and O–H groups in total. The number of benzene rings is 1. The number of amides is 1.